The van der Waals surface area contributed by atoms with Crippen LogP contribution in [0, 0.1) is 11.2 Å². The number of hydrogen-bond acceptors (Lipinski definition) is 2. The normalized spacial score (nSPS) is 36.4. The van der Waals surface area contributed by atoms with Gasteiger partial charge in [0.1, 0.15) is 5.82 Å². The van der Waals surface area contributed by atoms with Gasteiger partial charge in [-0.1, -0.05) is 32.0 Å². The molecule has 1 aromatic carbocycles. The molecule has 2 nitrogen and oxygen atoms in total. The Bertz CT molecular complexity index is 468. The summed E-state index contributed by atoms with van der Waals surface area (Å²) in [6, 6.07) is 7.96. The average Bonchev–Trinajstić information content (AvgIpc) is 2.33. The quantitative estimate of drug-likeness (QED) is 0.879. The van der Waals surface area contributed by atoms with Crippen molar-refractivity contribution in [2.24, 2.45) is 5.41 Å². The molecule has 1 aromatic rings. The van der Waals surface area contributed by atoms with Crippen LogP contribution in [0.2, 0.25) is 0 Å². The predicted molar refractivity (Wildman–Crippen MR) is 73.5 cm³/mol. The van der Waals surface area contributed by atoms with E-state index in [1.165, 1.54) is 0 Å². The molecule has 0 heterocycles. The van der Waals surface area contributed by atoms with Gasteiger partial charge in [-0.05, 0) is 36.8 Å². The fourth-order valence-corrected chi connectivity index (χ4v) is 3.28. The summed E-state index contributed by atoms with van der Waals surface area (Å²) in [5, 5.41) is 13.3. The summed E-state index contributed by atoms with van der Waals surface area (Å²) < 4.78 is 13.6. The zero-order valence-corrected chi connectivity index (χ0v) is 11.6. The number of aliphatic hydroxyl groups excluding tert-OH is 1. The number of benzene rings is 1. The highest BCUT2D eigenvalue weighted by atomic mass is 19.1. The van der Waals surface area contributed by atoms with Crippen LogP contribution in [0.15, 0.2) is 24.3 Å². The molecule has 2 saturated carbocycles. The predicted octanol–water partition coefficient (Wildman–Crippen LogP) is 2.82. The summed E-state index contributed by atoms with van der Waals surface area (Å²) in [7, 11) is 0. The molecule has 2 aliphatic rings. The highest BCUT2D eigenvalue weighted by molar-refractivity contribution is 5.25. The first-order valence-electron chi connectivity index (χ1n) is 7.17. The van der Waals surface area contributed by atoms with Crippen LogP contribution in [0.3, 0.4) is 0 Å². The van der Waals surface area contributed by atoms with E-state index in [9.17, 15) is 9.50 Å². The van der Waals surface area contributed by atoms with Crippen molar-refractivity contribution in [1.29, 1.82) is 0 Å². The van der Waals surface area contributed by atoms with Crippen molar-refractivity contribution < 1.29 is 9.50 Å². The van der Waals surface area contributed by atoms with Gasteiger partial charge in [-0.3, -0.25) is 0 Å². The number of nitrogens with one attached hydrogen (secondary N) is 1. The molecule has 2 fully saturated rings. The van der Waals surface area contributed by atoms with Gasteiger partial charge in [-0.15, -0.1) is 0 Å². The molecule has 0 aromatic heterocycles. The maximum atomic E-state index is 13.6. The highest BCUT2D eigenvalue weighted by Crippen LogP contribution is 2.44. The van der Waals surface area contributed by atoms with Gasteiger partial charge in [-0.2, -0.15) is 0 Å². The lowest BCUT2D eigenvalue weighted by Gasteiger charge is -2.52. The second-order valence-electron chi connectivity index (χ2n) is 6.68. The van der Waals surface area contributed by atoms with Crippen molar-refractivity contribution in [1.82, 2.24) is 5.32 Å². The molecule has 3 rings (SSSR count). The lowest BCUT2D eigenvalue weighted by molar-refractivity contribution is -0.0793. The minimum atomic E-state index is -0.188. The van der Waals surface area contributed by atoms with E-state index in [1.54, 1.807) is 12.1 Å². The summed E-state index contributed by atoms with van der Waals surface area (Å²) in [4.78, 5) is 0. The first-order valence-corrected chi connectivity index (χ1v) is 7.17. The van der Waals surface area contributed by atoms with Gasteiger partial charge in [0, 0.05) is 17.5 Å². The minimum Gasteiger partial charge on any atom is -0.392 e. The van der Waals surface area contributed by atoms with Crippen molar-refractivity contribution in [3.8, 4) is 0 Å². The molecule has 0 aliphatic heterocycles. The van der Waals surface area contributed by atoms with Gasteiger partial charge in [0.15, 0.2) is 0 Å². The molecule has 0 bridgehead atoms. The van der Waals surface area contributed by atoms with E-state index in [2.05, 4.69) is 19.2 Å². The lowest BCUT2D eigenvalue weighted by Crippen LogP contribution is -2.63. The summed E-state index contributed by atoms with van der Waals surface area (Å²) in [6.07, 6.45) is 2.66. The van der Waals surface area contributed by atoms with Crippen molar-refractivity contribution in [2.75, 3.05) is 0 Å². The van der Waals surface area contributed by atoms with Gasteiger partial charge in [0.05, 0.1) is 6.10 Å². The number of rotatable bonds is 3. The second-order valence-corrected chi connectivity index (χ2v) is 6.68. The molecule has 19 heavy (non-hydrogen) atoms. The molecule has 0 radical (unpaired) electrons. The smallest absolute Gasteiger partial charge is 0.126 e. The van der Waals surface area contributed by atoms with Gasteiger partial charge >= 0.3 is 0 Å². The number of aliphatic hydroxyl groups is 1. The maximum absolute atomic E-state index is 13.6. The Morgan fingerprint density at radius 1 is 1.21 bits per heavy atom. The zero-order valence-electron chi connectivity index (χ0n) is 11.6. The van der Waals surface area contributed by atoms with Crippen molar-refractivity contribution in [2.45, 2.75) is 57.2 Å². The number of halogens is 1. The zero-order chi connectivity index (χ0) is 13.6. The van der Waals surface area contributed by atoms with E-state index >= 15 is 0 Å². The molecule has 3 heteroatoms. The maximum Gasteiger partial charge on any atom is 0.126 e. The van der Waals surface area contributed by atoms with E-state index in [-0.39, 0.29) is 17.3 Å². The van der Waals surface area contributed by atoms with E-state index in [0.717, 1.165) is 24.8 Å². The average molecular weight is 263 g/mol. The van der Waals surface area contributed by atoms with Crippen molar-refractivity contribution >= 4 is 0 Å². The Hall–Kier alpha value is -0.930. The van der Waals surface area contributed by atoms with Gasteiger partial charge in [0.2, 0.25) is 0 Å². The number of hydrogen-bond donors (Lipinski definition) is 2. The summed E-state index contributed by atoms with van der Waals surface area (Å²) in [5.41, 5.74) is 0.830. The topological polar surface area (TPSA) is 32.3 Å². The van der Waals surface area contributed by atoms with E-state index in [0.29, 0.717) is 18.0 Å². The molecule has 2 N–H and O–H groups in total. The molecule has 0 amide bonds. The fraction of sp³-hybridized carbons (Fsp3) is 0.625. The van der Waals surface area contributed by atoms with Crippen molar-refractivity contribution in [3.63, 3.8) is 0 Å². The standard InChI is InChI=1S/C16H22FNO/c1-16(2)14(9-15(16)19)18-11-7-10(8-11)12-5-3-4-6-13(12)17/h3-6,10-11,14-15,18-19H,7-9H2,1-2H3. The van der Waals surface area contributed by atoms with Crippen LogP contribution >= 0.6 is 0 Å². The molecule has 104 valence electrons. The molecule has 2 atom stereocenters. The van der Waals surface area contributed by atoms with Crippen LogP contribution in [-0.4, -0.2) is 23.3 Å². The molecular formula is C16H22FNO. The minimum absolute atomic E-state index is 0.0247. The Labute approximate surface area is 114 Å². The Morgan fingerprint density at radius 2 is 1.89 bits per heavy atom. The van der Waals surface area contributed by atoms with E-state index in [4.69, 9.17) is 0 Å². The van der Waals surface area contributed by atoms with Crippen LogP contribution in [-0.2, 0) is 0 Å². The van der Waals surface area contributed by atoms with E-state index in [1.807, 2.05) is 12.1 Å². The molecule has 0 spiro atoms. The monoisotopic (exact) mass is 263 g/mol. The SMILES string of the molecule is CC1(C)C(O)CC1NC1CC(c2ccccc2F)C1. The largest absolute Gasteiger partial charge is 0.392 e. The van der Waals surface area contributed by atoms with E-state index < -0.39 is 0 Å². The third kappa shape index (κ3) is 2.19. The Balaban J connectivity index is 1.53. The molecule has 2 unspecified atom stereocenters. The molecule has 2 aliphatic carbocycles. The highest BCUT2D eigenvalue weighted by Gasteiger charge is 2.48. The Kier molecular flexibility index (Phi) is 3.14. The third-order valence-electron chi connectivity index (χ3n) is 5.14. The van der Waals surface area contributed by atoms with Gasteiger partial charge < -0.3 is 10.4 Å². The summed E-state index contributed by atoms with van der Waals surface area (Å²) in [6.45, 7) is 4.21. The first-order chi connectivity index (χ1) is 8.98. The summed E-state index contributed by atoms with van der Waals surface area (Å²) >= 11 is 0. The molecule has 0 saturated heterocycles. The first kappa shape index (κ1) is 13.1. The molecular weight excluding hydrogens is 241 g/mol. The van der Waals surface area contributed by atoms with Crippen LogP contribution < -0.4 is 5.32 Å². The fourth-order valence-electron chi connectivity index (χ4n) is 3.28. The lowest BCUT2D eigenvalue weighted by atomic mass is 9.63. The van der Waals surface area contributed by atoms with Crippen molar-refractivity contribution in [3.05, 3.63) is 35.6 Å². The second kappa shape index (κ2) is 4.57. The Morgan fingerprint density at radius 3 is 2.47 bits per heavy atom. The summed E-state index contributed by atoms with van der Waals surface area (Å²) in [5.74, 6) is 0.275. The van der Waals surface area contributed by atoms with Gasteiger partial charge in [0.25, 0.3) is 0 Å². The van der Waals surface area contributed by atoms with Crippen LogP contribution in [0.4, 0.5) is 4.39 Å². The van der Waals surface area contributed by atoms with Gasteiger partial charge in [-0.25, -0.2) is 4.39 Å². The van der Waals surface area contributed by atoms with Crippen LogP contribution in [0.1, 0.15) is 44.6 Å². The van der Waals surface area contributed by atoms with Crippen LogP contribution in [0.5, 0.6) is 0 Å². The third-order valence-corrected chi connectivity index (χ3v) is 5.14. The van der Waals surface area contributed by atoms with Crippen LogP contribution in [0.25, 0.3) is 0 Å².